The summed E-state index contributed by atoms with van der Waals surface area (Å²) in [6.07, 6.45) is 1.29. The number of rotatable bonds is 2. The lowest BCUT2D eigenvalue weighted by Crippen LogP contribution is -1.98. The van der Waals surface area contributed by atoms with Crippen LogP contribution in [0.3, 0.4) is 0 Å². The lowest BCUT2D eigenvalue weighted by atomic mass is 10.2. The summed E-state index contributed by atoms with van der Waals surface area (Å²) in [6.45, 7) is 1.89. The van der Waals surface area contributed by atoms with E-state index in [0.717, 1.165) is 5.56 Å². The van der Waals surface area contributed by atoms with Crippen molar-refractivity contribution in [3.05, 3.63) is 40.3 Å². The van der Waals surface area contributed by atoms with Crippen molar-refractivity contribution < 1.29 is 4.74 Å². The highest BCUT2D eigenvalue weighted by molar-refractivity contribution is 6.32. The van der Waals surface area contributed by atoms with Crippen molar-refractivity contribution >= 4 is 28.9 Å². The molecule has 0 radical (unpaired) electrons. The van der Waals surface area contributed by atoms with Crippen molar-refractivity contribution in [2.75, 3.05) is 5.73 Å². The summed E-state index contributed by atoms with van der Waals surface area (Å²) in [5, 5.41) is 0.735. The molecule has 0 bridgehead atoms. The van der Waals surface area contributed by atoms with Crippen LogP contribution in [0.25, 0.3) is 0 Å². The first-order valence-electron chi connectivity index (χ1n) is 4.78. The molecule has 1 aromatic heterocycles. The minimum atomic E-state index is 0.162. The van der Waals surface area contributed by atoms with Crippen LogP contribution in [-0.2, 0) is 0 Å². The molecule has 0 aliphatic rings. The van der Waals surface area contributed by atoms with E-state index < -0.39 is 0 Å². The summed E-state index contributed by atoms with van der Waals surface area (Å²) in [5.41, 5.74) is 6.83. The number of anilines is 1. The quantitative estimate of drug-likeness (QED) is 0.849. The zero-order valence-corrected chi connectivity index (χ0v) is 10.5. The zero-order chi connectivity index (χ0) is 12.4. The molecule has 88 valence electrons. The van der Waals surface area contributed by atoms with Gasteiger partial charge in [-0.1, -0.05) is 29.3 Å². The topological polar surface area (TPSA) is 61.0 Å². The Morgan fingerprint density at radius 2 is 2.00 bits per heavy atom. The second kappa shape index (κ2) is 4.77. The van der Waals surface area contributed by atoms with E-state index in [9.17, 15) is 0 Å². The standard InChI is InChI=1S/C11H9Cl2N3O/c1-6-2-3-7(12)4-8(6)17-11-9(14)10(13)15-5-16-11/h2-5H,14H2,1H3. The molecular formula is C11H9Cl2N3O. The summed E-state index contributed by atoms with van der Waals surface area (Å²) >= 11 is 11.7. The van der Waals surface area contributed by atoms with Gasteiger partial charge in [0.2, 0.25) is 5.88 Å². The summed E-state index contributed by atoms with van der Waals surface area (Å²) in [4.78, 5) is 7.66. The number of nitrogens with two attached hydrogens (primary N) is 1. The van der Waals surface area contributed by atoms with E-state index in [2.05, 4.69) is 9.97 Å². The molecule has 4 nitrogen and oxygen atoms in total. The molecule has 6 heteroatoms. The van der Waals surface area contributed by atoms with Crippen LogP contribution >= 0.6 is 23.2 Å². The van der Waals surface area contributed by atoms with Crippen molar-refractivity contribution in [2.45, 2.75) is 6.92 Å². The van der Waals surface area contributed by atoms with Crippen LogP contribution in [0.1, 0.15) is 5.56 Å². The van der Waals surface area contributed by atoms with Gasteiger partial charge in [-0.05, 0) is 24.6 Å². The highest BCUT2D eigenvalue weighted by Crippen LogP contribution is 2.31. The van der Waals surface area contributed by atoms with Gasteiger partial charge in [0, 0.05) is 5.02 Å². The molecule has 0 spiro atoms. The molecule has 0 aliphatic carbocycles. The first kappa shape index (κ1) is 12.0. The van der Waals surface area contributed by atoms with Crippen LogP contribution in [0.2, 0.25) is 10.2 Å². The Labute approximate surface area is 108 Å². The molecule has 1 aromatic carbocycles. The molecule has 2 aromatic rings. The second-order valence-corrected chi connectivity index (χ2v) is 4.19. The third kappa shape index (κ3) is 2.60. The lowest BCUT2D eigenvalue weighted by molar-refractivity contribution is 0.461. The van der Waals surface area contributed by atoms with Crippen LogP contribution in [0, 0.1) is 6.92 Å². The van der Waals surface area contributed by atoms with E-state index in [4.69, 9.17) is 33.7 Å². The van der Waals surface area contributed by atoms with E-state index >= 15 is 0 Å². The largest absolute Gasteiger partial charge is 0.437 e. The Bertz CT molecular complexity index is 560. The van der Waals surface area contributed by atoms with E-state index in [1.807, 2.05) is 13.0 Å². The van der Waals surface area contributed by atoms with Crippen molar-refractivity contribution in [2.24, 2.45) is 0 Å². The maximum atomic E-state index is 5.88. The Morgan fingerprint density at radius 3 is 2.76 bits per heavy atom. The van der Waals surface area contributed by atoms with Gasteiger partial charge in [-0.25, -0.2) is 4.98 Å². The van der Waals surface area contributed by atoms with Gasteiger partial charge in [0.1, 0.15) is 17.8 Å². The number of benzene rings is 1. The van der Waals surface area contributed by atoms with Crippen LogP contribution in [0.5, 0.6) is 11.6 Å². The summed E-state index contributed by atoms with van der Waals surface area (Å²) < 4.78 is 5.56. The minimum absolute atomic E-state index is 0.162. The Balaban J connectivity index is 2.38. The fraction of sp³-hybridized carbons (Fsp3) is 0.0909. The number of halogens is 2. The van der Waals surface area contributed by atoms with Gasteiger partial charge < -0.3 is 10.5 Å². The van der Waals surface area contributed by atoms with E-state index in [1.165, 1.54) is 6.33 Å². The molecule has 0 saturated carbocycles. The van der Waals surface area contributed by atoms with E-state index in [1.54, 1.807) is 12.1 Å². The predicted molar refractivity (Wildman–Crippen MR) is 67.7 cm³/mol. The molecular weight excluding hydrogens is 261 g/mol. The predicted octanol–water partition coefficient (Wildman–Crippen LogP) is 3.47. The van der Waals surface area contributed by atoms with Crippen LogP contribution in [0.4, 0.5) is 5.69 Å². The number of nitrogen functional groups attached to an aromatic ring is 1. The van der Waals surface area contributed by atoms with Crippen LogP contribution in [0.15, 0.2) is 24.5 Å². The first-order valence-corrected chi connectivity index (χ1v) is 5.53. The number of ether oxygens (including phenoxy) is 1. The van der Waals surface area contributed by atoms with Crippen molar-refractivity contribution in [1.29, 1.82) is 0 Å². The summed E-state index contributed by atoms with van der Waals surface area (Å²) in [6, 6.07) is 5.31. The number of hydrogen-bond acceptors (Lipinski definition) is 4. The first-order chi connectivity index (χ1) is 8.08. The third-order valence-corrected chi connectivity index (χ3v) is 2.69. The molecule has 1 heterocycles. The molecule has 0 aliphatic heterocycles. The van der Waals surface area contributed by atoms with Gasteiger partial charge in [-0.2, -0.15) is 4.98 Å². The summed E-state index contributed by atoms with van der Waals surface area (Å²) in [7, 11) is 0. The third-order valence-electron chi connectivity index (χ3n) is 2.16. The fourth-order valence-electron chi connectivity index (χ4n) is 1.23. The van der Waals surface area contributed by atoms with Gasteiger partial charge in [0.25, 0.3) is 0 Å². The van der Waals surface area contributed by atoms with Crippen molar-refractivity contribution in [1.82, 2.24) is 9.97 Å². The molecule has 0 amide bonds. The maximum absolute atomic E-state index is 5.88. The number of nitrogens with zero attached hydrogens (tertiary/aromatic N) is 2. The van der Waals surface area contributed by atoms with E-state index in [-0.39, 0.29) is 16.7 Å². The number of hydrogen-bond donors (Lipinski definition) is 1. The van der Waals surface area contributed by atoms with Gasteiger partial charge in [-0.15, -0.1) is 0 Å². The minimum Gasteiger partial charge on any atom is -0.437 e. The molecule has 2 rings (SSSR count). The lowest BCUT2D eigenvalue weighted by Gasteiger charge is -2.09. The Morgan fingerprint density at radius 1 is 1.24 bits per heavy atom. The highest BCUT2D eigenvalue weighted by atomic mass is 35.5. The Kier molecular flexibility index (Phi) is 3.36. The van der Waals surface area contributed by atoms with Gasteiger partial charge in [0.15, 0.2) is 5.15 Å². The van der Waals surface area contributed by atoms with Gasteiger partial charge >= 0.3 is 0 Å². The molecule has 0 fully saturated rings. The second-order valence-electron chi connectivity index (χ2n) is 3.40. The van der Waals surface area contributed by atoms with Crippen LogP contribution in [-0.4, -0.2) is 9.97 Å². The molecule has 0 unspecified atom stereocenters. The molecule has 0 saturated heterocycles. The SMILES string of the molecule is Cc1ccc(Cl)cc1Oc1ncnc(Cl)c1N. The van der Waals surface area contributed by atoms with E-state index in [0.29, 0.717) is 10.8 Å². The average molecular weight is 270 g/mol. The van der Waals surface area contributed by atoms with Crippen LogP contribution < -0.4 is 10.5 Å². The highest BCUT2D eigenvalue weighted by Gasteiger charge is 2.10. The summed E-state index contributed by atoms with van der Waals surface area (Å²) in [5.74, 6) is 0.800. The van der Waals surface area contributed by atoms with Gasteiger partial charge in [0.05, 0.1) is 0 Å². The number of aryl methyl sites for hydroxylation is 1. The van der Waals surface area contributed by atoms with Gasteiger partial charge in [-0.3, -0.25) is 0 Å². The average Bonchev–Trinajstić information content (AvgIpc) is 2.30. The smallest absolute Gasteiger partial charge is 0.247 e. The Hall–Kier alpha value is -1.52. The maximum Gasteiger partial charge on any atom is 0.247 e. The van der Waals surface area contributed by atoms with Crippen molar-refractivity contribution in [3.8, 4) is 11.6 Å². The molecule has 2 N–H and O–H groups in total. The fourth-order valence-corrected chi connectivity index (χ4v) is 1.52. The molecule has 0 atom stereocenters. The zero-order valence-electron chi connectivity index (χ0n) is 8.95. The van der Waals surface area contributed by atoms with Crippen molar-refractivity contribution in [3.63, 3.8) is 0 Å². The monoisotopic (exact) mass is 269 g/mol. The normalized spacial score (nSPS) is 10.3. The molecule has 17 heavy (non-hydrogen) atoms. The number of aromatic nitrogens is 2.